The van der Waals surface area contributed by atoms with E-state index in [2.05, 4.69) is 10.3 Å². The second-order valence-corrected chi connectivity index (χ2v) is 10.4. The SMILES string of the molecule is CC(Sc1ncc(-c2ccccc2)n1C)C(=O)Nc1cccc(S(=O)(=O)N(C)C)c1. The molecule has 0 bridgehead atoms. The van der Waals surface area contributed by atoms with E-state index in [4.69, 9.17) is 0 Å². The van der Waals surface area contributed by atoms with Crippen LogP contribution >= 0.6 is 11.8 Å². The van der Waals surface area contributed by atoms with Gasteiger partial charge in [-0.1, -0.05) is 48.2 Å². The molecule has 0 radical (unpaired) electrons. The van der Waals surface area contributed by atoms with Crippen molar-refractivity contribution < 1.29 is 13.2 Å². The van der Waals surface area contributed by atoms with Crippen molar-refractivity contribution in [2.45, 2.75) is 22.2 Å². The number of thioether (sulfide) groups is 1. The van der Waals surface area contributed by atoms with Crippen LogP contribution in [0.15, 0.2) is 70.8 Å². The van der Waals surface area contributed by atoms with Crippen LogP contribution in [-0.4, -0.2) is 47.5 Å². The normalized spacial score (nSPS) is 12.7. The van der Waals surface area contributed by atoms with Crippen LogP contribution in [0.4, 0.5) is 5.69 Å². The fraction of sp³-hybridized carbons (Fsp3) is 0.238. The van der Waals surface area contributed by atoms with E-state index in [9.17, 15) is 13.2 Å². The van der Waals surface area contributed by atoms with E-state index in [0.29, 0.717) is 5.69 Å². The van der Waals surface area contributed by atoms with Crippen molar-refractivity contribution in [1.82, 2.24) is 13.9 Å². The lowest BCUT2D eigenvalue weighted by Crippen LogP contribution is -2.24. The monoisotopic (exact) mass is 444 g/mol. The van der Waals surface area contributed by atoms with Gasteiger partial charge in [0.2, 0.25) is 15.9 Å². The molecule has 0 aliphatic carbocycles. The van der Waals surface area contributed by atoms with Gasteiger partial charge in [-0.05, 0) is 30.7 Å². The Morgan fingerprint density at radius 3 is 2.50 bits per heavy atom. The van der Waals surface area contributed by atoms with Crippen molar-refractivity contribution in [3.63, 3.8) is 0 Å². The first kappa shape index (κ1) is 22.1. The number of amides is 1. The summed E-state index contributed by atoms with van der Waals surface area (Å²) in [6.45, 7) is 1.79. The zero-order chi connectivity index (χ0) is 21.9. The van der Waals surface area contributed by atoms with Crippen LogP contribution < -0.4 is 5.32 Å². The van der Waals surface area contributed by atoms with Gasteiger partial charge < -0.3 is 9.88 Å². The summed E-state index contributed by atoms with van der Waals surface area (Å²) in [5.41, 5.74) is 2.45. The summed E-state index contributed by atoms with van der Waals surface area (Å²) in [5, 5.41) is 3.09. The topological polar surface area (TPSA) is 84.3 Å². The molecule has 9 heteroatoms. The third-order valence-corrected chi connectivity index (χ3v) is 7.52. The van der Waals surface area contributed by atoms with Crippen LogP contribution in [0.25, 0.3) is 11.3 Å². The maximum absolute atomic E-state index is 12.7. The molecule has 0 saturated heterocycles. The first-order valence-electron chi connectivity index (χ1n) is 9.27. The molecule has 158 valence electrons. The van der Waals surface area contributed by atoms with E-state index in [1.807, 2.05) is 41.9 Å². The highest BCUT2D eigenvalue weighted by Crippen LogP contribution is 2.28. The summed E-state index contributed by atoms with van der Waals surface area (Å²) in [4.78, 5) is 17.2. The molecule has 1 N–H and O–H groups in total. The van der Waals surface area contributed by atoms with Crippen LogP contribution in [-0.2, 0) is 21.9 Å². The predicted molar refractivity (Wildman–Crippen MR) is 120 cm³/mol. The Bertz CT molecular complexity index is 1140. The molecule has 0 spiro atoms. The lowest BCUT2D eigenvalue weighted by atomic mass is 10.2. The van der Waals surface area contributed by atoms with Gasteiger partial charge in [0.1, 0.15) is 0 Å². The summed E-state index contributed by atoms with van der Waals surface area (Å²) in [6.07, 6.45) is 1.79. The number of hydrogen-bond donors (Lipinski definition) is 1. The van der Waals surface area contributed by atoms with Gasteiger partial charge >= 0.3 is 0 Å². The number of imidazole rings is 1. The second kappa shape index (κ2) is 9.03. The molecule has 3 aromatic rings. The Hall–Kier alpha value is -2.62. The highest BCUT2D eigenvalue weighted by Gasteiger charge is 2.21. The molecule has 2 aromatic carbocycles. The molecular weight excluding hydrogens is 420 g/mol. The number of hydrogen-bond acceptors (Lipinski definition) is 5. The number of sulfonamides is 1. The van der Waals surface area contributed by atoms with Gasteiger partial charge in [-0.3, -0.25) is 4.79 Å². The Morgan fingerprint density at radius 1 is 1.13 bits per heavy atom. The molecule has 0 fully saturated rings. The van der Waals surface area contributed by atoms with Gasteiger partial charge in [0.05, 0.1) is 22.0 Å². The van der Waals surface area contributed by atoms with Crippen LogP contribution in [0.1, 0.15) is 6.92 Å². The fourth-order valence-corrected chi connectivity index (χ4v) is 4.58. The summed E-state index contributed by atoms with van der Waals surface area (Å²) in [6, 6.07) is 16.1. The van der Waals surface area contributed by atoms with E-state index in [1.54, 1.807) is 25.3 Å². The van der Waals surface area contributed by atoms with Crippen LogP contribution in [0, 0.1) is 0 Å². The highest BCUT2D eigenvalue weighted by atomic mass is 32.2. The van der Waals surface area contributed by atoms with Gasteiger partial charge in [-0.25, -0.2) is 17.7 Å². The molecule has 1 heterocycles. The van der Waals surface area contributed by atoms with Crippen molar-refractivity contribution in [2.24, 2.45) is 7.05 Å². The second-order valence-electron chi connectivity index (χ2n) is 6.92. The zero-order valence-electron chi connectivity index (χ0n) is 17.2. The molecular formula is C21H24N4O3S2. The van der Waals surface area contributed by atoms with Crippen molar-refractivity contribution >= 4 is 33.4 Å². The molecule has 0 saturated carbocycles. The standard InChI is InChI=1S/C21H24N4O3S2/c1-15(29-21-22-14-19(25(21)4)16-9-6-5-7-10-16)20(26)23-17-11-8-12-18(13-17)30(27,28)24(2)3/h5-15H,1-4H3,(H,23,26). The fourth-order valence-electron chi connectivity index (χ4n) is 2.78. The number of carbonyl (C=O) groups excluding carboxylic acids is 1. The lowest BCUT2D eigenvalue weighted by molar-refractivity contribution is -0.115. The van der Waals surface area contributed by atoms with Gasteiger partial charge in [-0.15, -0.1) is 0 Å². The predicted octanol–water partition coefficient (Wildman–Crippen LogP) is 3.46. The van der Waals surface area contributed by atoms with Crippen LogP contribution in [0.2, 0.25) is 0 Å². The minimum atomic E-state index is -3.57. The summed E-state index contributed by atoms with van der Waals surface area (Å²) in [5.74, 6) is -0.233. The number of anilines is 1. The Balaban J connectivity index is 1.71. The number of rotatable bonds is 7. The summed E-state index contributed by atoms with van der Waals surface area (Å²) >= 11 is 1.34. The Morgan fingerprint density at radius 2 is 1.83 bits per heavy atom. The molecule has 7 nitrogen and oxygen atoms in total. The molecule has 1 unspecified atom stereocenters. The summed E-state index contributed by atoms with van der Waals surface area (Å²) < 4.78 is 27.7. The van der Waals surface area contributed by atoms with Crippen molar-refractivity contribution in [1.29, 1.82) is 0 Å². The molecule has 3 rings (SSSR count). The van der Waals surface area contributed by atoms with Gasteiger partial charge in [0.15, 0.2) is 5.16 Å². The van der Waals surface area contributed by atoms with Crippen LogP contribution in [0.5, 0.6) is 0 Å². The number of aromatic nitrogens is 2. The van der Waals surface area contributed by atoms with E-state index in [-0.39, 0.29) is 10.8 Å². The molecule has 1 amide bonds. The largest absolute Gasteiger partial charge is 0.325 e. The van der Waals surface area contributed by atoms with Gasteiger partial charge in [-0.2, -0.15) is 0 Å². The summed E-state index contributed by atoms with van der Waals surface area (Å²) in [7, 11) is 1.28. The maximum atomic E-state index is 12.7. The smallest absolute Gasteiger partial charge is 0.242 e. The minimum Gasteiger partial charge on any atom is -0.325 e. The molecule has 0 aliphatic heterocycles. The number of nitrogens with one attached hydrogen (secondary N) is 1. The average molecular weight is 445 g/mol. The maximum Gasteiger partial charge on any atom is 0.242 e. The number of carbonyl (C=O) groups is 1. The van der Waals surface area contributed by atoms with Gasteiger partial charge in [0, 0.05) is 26.8 Å². The third-order valence-electron chi connectivity index (χ3n) is 4.55. The Labute approximate surface area is 181 Å². The van der Waals surface area contributed by atoms with E-state index in [0.717, 1.165) is 20.7 Å². The van der Waals surface area contributed by atoms with Crippen molar-refractivity contribution in [3.05, 3.63) is 60.8 Å². The minimum absolute atomic E-state index is 0.127. The van der Waals surface area contributed by atoms with E-state index in [1.165, 1.54) is 38.0 Å². The molecule has 1 aromatic heterocycles. The van der Waals surface area contributed by atoms with E-state index < -0.39 is 15.3 Å². The number of nitrogens with zero attached hydrogens (tertiary/aromatic N) is 3. The van der Waals surface area contributed by atoms with Crippen molar-refractivity contribution in [3.8, 4) is 11.3 Å². The molecule has 0 aliphatic rings. The van der Waals surface area contributed by atoms with Gasteiger partial charge in [0.25, 0.3) is 0 Å². The Kier molecular flexibility index (Phi) is 6.64. The van der Waals surface area contributed by atoms with E-state index >= 15 is 0 Å². The van der Waals surface area contributed by atoms with Crippen molar-refractivity contribution in [2.75, 3.05) is 19.4 Å². The lowest BCUT2D eigenvalue weighted by Gasteiger charge is -2.14. The zero-order valence-corrected chi connectivity index (χ0v) is 18.9. The molecule has 30 heavy (non-hydrogen) atoms. The highest BCUT2D eigenvalue weighted by molar-refractivity contribution is 8.00. The third kappa shape index (κ3) is 4.75. The first-order valence-corrected chi connectivity index (χ1v) is 11.6. The molecule has 1 atom stereocenters. The first-order chi connectivity index (χ1) is 14.2. The average Bonchev–Trinajstić information content (AvgIpc) is 3.08. The van der Waals surface area contributed by atoms with Crippen LogP contribution in [0.3, 0.4) is 0 Å². The number of benzene rings is 2. The quantitative estimate of drug-likeness (QED) is 0.564.